The molecule has 0 unspecified atom stereocenters. The van der Waals surface area contributed by atoms with Gasteiger partial charge in [-0.3, -0.25) is 4.79 Å². The van der Waals surface area contributed by atoms with Crippen molar-refractivity contribution in [2.75, 3.05) is 25.7 Å². The van der Waals surface area contributed by atoms with E-state index in [2.05, 4.69) is 66.4 Å². The summed E-state index contributed by atoms with van der Waals surface area (Å²) in [6.45, 7) is 2.18. The van der Waals surface area contributed by atoms with Gasteiger partial charge >= 0.3 is 5.97 Å². The lowest BCUT2D eigenvalue weighted by molar-refractivity contribution is -0.140. The van der Waals surface area contributed by atoms with Crippen LogP contribution in [0.3, 0.4) is 0 Å². The number of sulfone groups is 1. The van der Waals surface area contributed by atoms with E-state index in [4.69, 9.17) is 9.47 Å². The molecule has 1 aliphatic carbocycles. The number of esters is 1. The molecule has 4 rings (SSSR count). The molecular weight excluding hydrogens is 520 g/mol. The molecule has 0 aliphatic heterocycles. The number of carbonyl (C=O) groups is 1. The molecule has 210 valence electrons. The minimum absolute atomic E-state index is 0.141. The molecule has 0 amide bonds. The van der Waals surface area contributed by atoms with Crippen LogP contribution in [0.4, 0.5) is 0 Å². The Balaban J connectivity index is 1.43. The lowest BCUT2D eigenvalue weighted by atomic mass is 9.92. The second kappa shape index (κ2) is 13.7. The molecule has 1 atom stereocenters. The summed E-state index contributed by atoms with van der Waals surface area (Å²) in [4.78, 5) is 11.8. The molecule has 0 bridgehead atoms. The zero-order valence-corrected chi connectivity index (χ0v) is 24.5. The minimum atomic E-state index is -2.97. The first-order valence-corrected chi connectivity index (χ1v) is 16.0. The topological polar surface area (TPSA) is 69.7 Å². The van der Waals surface area contributed by atoms with E-state index < -0.39 is 9.84 Å². The van der Waals surface area contributed by atoms with Gasteiger partial charge in [-0.25, -0.2) is 8.42 Å². The third-order valence-electron chi connectivity index (χ3n) is 7.36. The van der Waals surface area contributed by atoms with Crippen LogP contribution in [-0.2, 0) is 45.1 Å². The summed E-state index contributed by atoms with van der Waals surface area (Å²) < 4.78 is 33.4. The van der Waals surface area contributed by atoms with Crippen LogP contribution in [0.25, 0.3) is 11.1 Å². The summed E-state index contributed by atoms with van der Waals surface area (Å²) in [6.07, 6.45) is 6.98. The largest absolute Gasteiger partial charge is 0.494 e. The number of hydrogen-bond donors (Lipinski definition) is 0. The lowest BCUT2D eigenvalue weighted by Gasteiger charge is -2.14. The molecule has 0 radical (unpaired) electrons. The highest BCUT2D eigenvalue weighted by Crippen LogP contribution is 2.35. The van der Waals surface area contributed by atoms with Crippen molar-refractivity contribution in [3.8, 4) is 28.7 Å². The third kappa shape index (κ3) is 8.22. The van der Waals surface area contributed by atoms with Gasteiger partial charge in [-0.05, 0) is 96.5 Å². The van der Waals surface area contributed by atoms with Crippen molar-refractivity contribution < 1.29 is 22.7 Å². The molecule has 40 heavy (non-hydrogen) atoms. The summed E-state index contributed by atoms with van der Waals surface area (Å²) in [5.74, 6) is 6.58. The third-order valence-corrected chi connectivity index (χ3v) is 8.39. The van der Waals surface area contributed by atoms with Crippen LogP contribution >= 0.6 is 0 Å². The van der Waals surface area contributed by atoms with Gasteiger partial charge in [0.05, 0.1) is 31.8 Å². The molecule has 3 aromatic carbocycles. The van der Waals surface area contributed by atoms with Gasteiger partial charge in [0.15, 0.2) is 0 Å². The number of aryl methyl sites for hydroxylation is 4. The van der Waals surface area contributed by atoms with E-state index in [0.717, 1.165) is 43.4 Å². The van der Waals surface area contributed by atoms with Crippen LogP contribution in [0.15, 0.2) is 60.7 Å². The number of carbonyl (C=O) groups excluding carboxylic acids is 1. The molecule has 1 aliphatic rings. The van der Waals surface area contributed by atoms with Crippen molar-refractivity contribution in [2.45, 2.75) is 57.8 Å². The number of ether oxygens (including phenoxy) is 2. The van der Waals surface area contributed by atoms with Crippen LogP contribution in [0, 0.1) is 11.8 Å². The van der Waals surface area contributed by atoms with Gasteiger partial charge in [-0.1, -0.05) is 54.5 Å². The highest BCUT2D eigenvalue weighted by molar-refractivity contribution is 7.90. The Kier molecular flexibility index (Phi) is 10.1. The molecule has 0 saturated heterocycles. The first kappa shape index (κ1) is 29.4. The van der Waals surface area contributed by atoms with E-state index >= 15 is 0 Å². The summed E-state index contributed by atoms with van der Waals surface area (Å²) in [5, 5.41) is 0. The average molecular weight is 559 g/mol. The van der Waals surface area contributed by atoms with Crippen LogP contribution in [0.5, 0.6) is 5.75 Å². The van der Waals surface area contributed by atoms with Crippen LogP contribution < -0.4 is 4.74 Å². The molecule has 0 heterocycles. The molecule has 6 heteroatoms. The number of rotatable bonds is 11. The maximum absolute atomic E-state index is 11.8. The fourth-order valence-electron chi connectivity index (χ4n) is 5.24. The summed E-state index contributed by atoms with van der Waals surface area (Å²) in [6, 6.07) is 21.5. The Labute approximate surface area is 238 Å². The van der Waals surface area contributed by atoms with Gasteiger partial charge in [-0.15, -0.1) is 5.92 Å². The number of benzene rings is 3. The fourth-order valence-corrected chi connectivity index (χ4v) is 5.88. The monoisotopic (exact) mass is 558 g/mol. The highest BCUT2D eigenvalue weighted by atomic mass is 32.2. The second-order valence-electron chi connectivity index (χ2n) is 10.5. The first-order chi connectivity index (χ1) is 19.3. The maximum atomic E-state index is 11.8. The number of hydrogen-bond acceptors (Lipinski definition) is 5. The normalized spacial score (nSPS) is 13.2. The molecule has 0 saturated carbocycles. The van der Waals surface area contributed by atoms with Gasteiger partial charge < -0.3 is 9.47 Å². The average Bonchev–Trinajstić information content (AvgIpc) is 3.12. The van der Waals surface area contributed by atoms with Gasteiger partial charge in [0, 0.05) is 6.26 Å². The van der Waals surface area contributed by atoms with Gasteiger partial charge in [0.1, 0.15) is 15.6 Å². The molecule has 0 spiro atoms. The Morgan fingerprint density at radius 3 is 2.38 bits per heavy atom. The van der Waals surface area contributed by atoms with Crippen LogP contribution in [0.2, 0.25) is 0 Å². The van der Waals surface area contributed by atoms with Crippen molar-refractivity contribution in [1.29, 1.82) is 0 Å². The maximum Gasteiger partial charge on any atom is 0.307 e. The lowest BCUT2D eigenvalue weighted by Crippen LogP contribution is -2.08. The van der Waals surface area contributed by atoms with Crippen LogP contribution in [-0.4, -0.2) is 40.1 Å². The Morgan fingerprint density at radius 2 is 1.65 bits per heavy atom. The van der Waals surface area contributed by atoms with E-state index in [0.29, 0.717) is 13.0 Å². The number of fused-ring (bicyclic) bond motifs is 3. The van der Waals surface area contributed by atoms with Crippen molar-refractivity contribution in [2.24, 2.45) is 0 Å². The molecule has 0 N–H and O–H groups in total. The quantitative estimate of drug-likeness (QED) is 0.161. The predicted octanol–water partition coefficient (Wildman–Crippen LogP) is 6.11. The summed E-state index contributed by atoms with van der Waals surface area (Å²) in [7, 11) is -1.57. The molecule has 0 aromatic heterocycles. The smallest absolute Gasteiger partial charge is 0.307 e. The van der Waals surface area contributed by atoms with Crippen LogP contribution in [0.1, 0.15) is 59.9 Å². The minimum Gasteiger partial charge on any atom is -0.494 e. The zero-order chi connectivity index (χ0) is 28.5. The predicted molar refractivity (Wildman–Crippen MR) is 160 cm³/mol. The summed E-state index contributed by atoms with van der Waals surface area (Å²) in [5.41, 5.74) is 8.80. The number of methoxy groups -OCH3 is 1. The molecule has 5 nitrogen and oxygen atoms in total. The Bertz CT molecular complexity index is 1490. The first-order valence-electron chi connectivity index (χ1n) is 13.9. The Hall–Kier alpha value is -3.56. The van der Waals surface area contributed by atoms with E-state index in [1.165, 1.54) is 46.7 Å². The SMILES string of the molecule is CC#C[C@@H](CC(=O)OC)c1ccc(CCc2ccc3c(c2)-c2ccc(OCCCS(C)(=O)=O)cc2CCC3)cc1. The Morgan fingerprint density at radius 1 is 0.925 bits per heavy atom. The van der Waals surface area contributed by atoms with Crippen molar-refractivity contribution in [3.05, 3.63) is 88.5 Å². The summed E-state index contributed by atoms with van der Waals surface area (Å²) >= 11 is 0. The zero-order valence-electron chi connectivity index (χ0n) is 23.7. The van der Waals surface area contributed by atoms with E-state index in [1.54, 1.807) is 6.92 Å². The second-order valence-corrected chi connectivity index (χ2v) is 12.7. The highest BCUT2D eigenvalue weighted by Gasteiger charge is 2.17. The van der Waals surface area contributed by atoms with Crippen molar-refractivity contribution in [1.82, 2.24) is 0 Å². The van der Waals surface area contributed by atoms with E-state index in [-0.39, 0.29) is 24.1 Å². The standard InChI is InChI=1S/C34H38O5S/c1-4-7-29(24-34(35)38-2)27-15-12-25(13-16-27)10-11-26-14-17-28-8-5-9-30-23-31(18-19-32(30)33(28)22-26)39-20-6-21-40(3,36)37/h12-19,22-23,29H,5-6,8-11,20-21,24H2,1-3H3/t29-/m0/s1. The van der Waals surface area contributed by atoms with Crippen molar-refractivity contribution in [3.63, 3.8) is 0 Å². The van der Waals surface area contributed by atoms with Gasteiger partial charge in [0.25, 0.3) is 0 Å². The molecular formula is C34H38O5S. The fraction of sp³-hybridized carbons (Fsp3) is 0.382. The van der Waals surface area contributed by atoms with E-state index in [9.17, 15) is 13.2 Å². The molecule has 0 fully saturated rings. The van der Waals surface area contributed by atoms with E-state index in [1.807, 2.05) is 6.07 Å². The van der Waals surface area contributed by atoms with Crippen molar-refractivity contribution >= 4 is 15.8 Å². The van der Waals surface area contributed by atoms with Gasteiger partial charge in [-0.2, -0.15) is 0 Å². The van der Waals surface area contributed by atoms with Gasteiger partial charge in [0.2, 0.25) is 0 Å². The molecule has 3 aromatic rings.